The molecule has 0 aliphatic carbocycles. The maximum absolute atomic E-state index is 5.91. The van der Waals surface area contributed by atoms with Crippen LogP contribution in [0.1, 0.15) is 0 Å². The summed E-state index contributed by atoms with van der Waals surface area (Å²) in [5.41, 5.74) is 0. The fourth-order valence-corrected chi connectivity index (χ4v) is 6.60. The lowest BCUT2D eigenvalue weighted by molar-refractivity contribution is 0.119. The van der Waals surface area contributed by atoms with Gasteiger partial charge in [0.2, 0.25) is 0 Å². The fourth-order valence-electron chi connectivity index (χ4n) is 2.92. The van der Waals surface area contributed by atoms with Crippen molar-refractivity contribution in [3.05, 3.63) is 0 Å². The van der Waals surface area contributed by atoms with Gasteiger partial charge in [0, 0.05) is 33.5 Å². The highest BCUT2D eigenvalue weighted by Gasteiger charge is 2.25. The second-order valence-electron chi connectivity index (χ2n) is 8.57. The van der Waals surface area contributed by atoms with Crippen molar-refractivity contribution in [3.63, 3.8) is 0 Å². The Morgan fingerprint density at radius 3 is 1.30 bits per heavy atom. The topological polar surface area (TPSA) is 87.0 Å². The Labute approximate surface area is 210 Å². The average Bonchev–Trinajstić information content (AvgIpc) is 3.62. The number of hydrogen-bond donors (Lipinski definition) is 0. The molecule has 0 bridgehead atoms. The van der Waals surface area contributed by atoms with Gasteiger partial charge in [-0.25, -0.2) is 0 Å². The molecule has 0 spiro atoms. The fraction of sp³-hybridized carbons (Fsp3) is 1.00. The van der Waals surface area contributed by atoms with Crippen LogP contribution in [0.25, 0.3) is 0 Å². The summed E-state index contributed by atoms with van der Waals surface area (Å²) in [6.07, 6.45) is 1.29. The summed E-state index contributed by atoms with van der Waals surface area (Å²) in [6.45, 7) is 9.27. The number of hydrogen-bond acceptors (Lipinski definition) is 11. The van der Waals surface area contributed by atoms with Crippen LogP contribution in [0.15, 0.2) is 0 Å². The average molecular weight is 527 g/mol. The molecule has 192 valence electrons. The second-order valence-corrected chi connectivity index (χ2v) is 12.5. The van der Waals surface area contributed by atoms with Gasteiger partial charge in [0.1, 0.15) is 24.4 Å². The molecule has 33 heavy (non-hydrogen) atoms. The van der Waals surface area contributed by atoms with E-state index >= 15 is 0 Å². The molecule has 6 unspecified atom stereocenters. The van der Waals surface area contributed by atoms with Crippen molar-refractivity contribution in [1.29, 1.82) is 0 Å². The van der Waals surface area contributed by atoms with Crippen LogP contribution in [-0.2, 0) is 37.9 Å². The van der Waals surface area contributed by atoms with Gasteiger partial charge in [0.05, 0.1) is 79.3 Å². The van der Waals surface area contributed by atoms with E-state index in [2.05, 4.69) is 0 Å². The van der Waals surface area contributed by atoms with Crippen molar-refractivity contribution >= 4 is 35.3 Å². The molecule has 0 radical (unpaired) electrons. The zero-order valence-corrected chi connectivity index (χ0v) is 21.7. The van der Waals surface area contributed by atoms with Gasteiger partial charge >= 0.3 is 0 Å². The van der Waals surface area contributed by atoms with Crippen molar-refractivity contribution in [1.82, 2.24) is 0 Å². The summed E-state index contributed by atoms with van der Waals surface area (Å²) in [5.74, 6) is 4.07. The van der Waals surface area contributed by atoms with Crippen molar-refractivity contribution in [2.75, 3.05) is 102 Å². The zero-order valence-electron chi connectivity index (χ0n) is 19.3. The number of epoxide rings is 4. The standard InChI is InChI=1S/C22H38O8S3/c1(23-5-17-9-27-17)3-32-21(13-25-7-19-11-29-19)15-31-16-22(14-26-8-20-12-30-20)33-4-2-24-6-18-10-28-18/h17-22H,1-16H2. The van der Waals surface area contributed by atoms with Crippen LogP contribution in [0.2, 0.25) is 0 Å². The monoisotopic (exact) mass is 526 g/mol. The highest BCUT2D eigenvalue weighted by molar-refractivity contribution is 8.05. The molecule has 6 atom stereocenters. The van der Waals surface area contributed by atoms with Gasteiger partial charge in [-0.3, -0.25) is 0 Å². The molecule has 0 aromatic carbocycles. The third kappa shape index (κ3) is 14.2. The second kappa shape index (κ2) is 15.8. The SMILES string of the molecule is C(CSC(COCC1CO1)CSCC(COCC1CO1)SCCOCC1CO1)OCC1CO1. The maximum atomic E-state index is 5.91. The van der Waals surface area contributed by atoms with Crippen molar-refractivity contribution in [3.8, 4) is 0 Å². The minimum atomic E-state index is 0.312. The Balaban J connectivity index is 1.09. The summed E-state index contributed by atoms with van der Waals surface area (Å²) in [4.78, 5) is 0. The van der Waals surface area contributed by atoms with E-state index in [1.54, 1.807) is 0 Å². The molecule has 4 aliphatic heterocycles. The first-order valence-corrected chi connectivity index (χ1v) is 15.2. The lowest BCUT2D eigenvalue weighted by atomic mass is 10.5. The number of rotatable bonds is 24. The van der Waals surface area contributed by atoms with E-state index in [9.17, 15) is 0 Å². The molecule has 8 nitrogen and oxygen atoms in total. The minimum absolute atomic E-state index is 0.312. The molecule has 11 heteroatoms. The molecule has 0 aromatic rings. The zero-order chi connectivity index (χ0) is 22.6. The number of ether oxygens (including phenoxy) is 8. The summed E-state index contributed by atoms with van der Waals surface area (Å²) in [6, 6.07) is 0. The third-order valence-electron chi connectivity index (χ3n) is 5.20. The van der Waals surface area contributed by atoms with Gasteiger partial charge in [-0.2, -0.15) is 35.3 Å². The molecular weight excluding hydrogens is 488 g/mol. The van der Waals surface area contributed by atoms with E-state index in [4.69, 9.17) is 37.9 Å². The van der Waals surface area contributed by atoms with Crippen LogP contribution in [0.4, 0.5) is 0 Å². The van der Waals surface area contributed by atoms with Gasteiger partial charge in [0.25, 0.3) is 0 Å². The first-order chi connectivity index (χ1) is 16.3. The smallest absolute Gasteiger partial charge is 0.104 e. The van der Waals surface area contributed by atoms with Crippen molar-refractivity contribution in [2.45, 2.75) is 34.9 Å². The quantitative estimate of drug-likeness (QED) is 0.136. The van der Waals surface area contributed by atoms with Crippen LogP contribution in [0, 0.1) is 0 Å². The van der Waals surface area contributed by atoms with E-state index in [0.29, 0.717) is 48.1 Å². The van der Waals surface area contributed by atoms with Crippen LogP contribution < -0.4 is 0 Å². The van der Waals surface area contributed by atoms with E-state index in [1.807, 2.05) is 35.3 Å². The Hall–Kier alpha value is 0.730. The summed E-state index contributed by atoms with van der Waals surface area (Å²) < 4.78 is 44.1. The molecule has 4 rings (SSSR count). The molecule has 4 fully saturated rings. The van der Waals surface area contributed by atoms with E-state index in [1.165, 1.54) is 0 Å². The predicted molar refractivity (Wildman–Crippen MR) is 132 cm³/mol. The van der Waals surface area contributed by atoms with Gasteiger partial charge in [-0.15, -0.1) is 0 Å². The molecule has 0 saturated carbocycles. The Bertz CT molecular complexity index is 474. The minimum Gasteiger partial charge on any atom is -0.378 e. The van der Waals surface area contributed by atoms with Crippen LogP contribution in [0.5, 0.6) is 0 Å². The third-order valence-corrected chi connectivity index (χ3v) is 9.25. The lowest BCUT2D eigenvalue weighted by Gasteiger charge is -2.20. The van der Waals surface area contributed by atoms with Crippen LogP contribution >= 0.6 is 35.3 Å². The van der Waals surface area contributed by atoms with Crippen molar-refractivity contribution < 1.29 is 37.9 Å². The number of thioether (sulfide) groups is 3. The lowest BCUT2D eigenvalue weighted by Crippen LogP contribution is -2.22. The molecule has 0 amide bonds. The highest BCUT2D eigenvalue weighted by atomic mass is 32.2. The van der Waals surface area contributed by atoms with E-state index < -0.39 is 0 Å². The molecular formula is C22H38O8S3. The maximum Gasteiger partial charge on any atom is 0.104 e. The largest absolute Gasteiger partial charge is 0.378 e. The van der Waals surface area contributed by atoms with E-state index in [0.717, 1.165) is 89.1 Å². The predicted octanol–water partition coefficient (Wildman–Crippen LogP) is 1.58. The summed E-state index contributed by atoms with van der Waals surface area (Å²) >= 11 is 5.87. The molecule has 4 saturated heterocycles. The molecule has 4 aliphatic rings. The normalized spacial score (nSPS) is 29.1. The molecule has 0 N–H and O–H groups in total. The Morgan fingerprint density at radius 1 is 0.576 bits per heavy atom. The summed E-state index contributed by atoms with van der Waals surface area (Å²) in [7, 11) is 0. The van der Waals surface area contributed by atoms with Crippen molar-refractivity contribution in [2.24, 2.45) is 0 Å². The first-order valence-electron chi connectivity index (χ1n) is 11.9. The van der Waals surface area contributed by atoms with Gasteiger partial charge in [0.15, 0.2) is 0 Å². The summed E-state index contributed by atoms with van der Waals surface area (Å²) in [5, 5.41) is 0.894. The van der Waals surface area contributed by atoms with Gasteiger partial charge in [-0.1, -0.05) is 0 Å². The van der Waals surface area contributed by atoms with E-state index in [-0.39, 0.29) is 0 Å². The van der Waals surface area contributed by atoms with Crippen LogP contribution in [0.3, 0.4) is 0 Å². The molecule has 0 aromatic heterocycles. The van der Waals surface area contributed by atoms with Gasteiger partial charge in [-0.05, 0) is 0 Å². The van der Waals surface area contributed by atoms with Crippen LogP contribution in [-0.4, -0.2) is 137 Å². The Morgan fingerprint density at radius 2 is 0.939 bits per heavy atom. The molecule has 4 heterocycles. The Kier molecular flexibility index (Phi) is 12.8. The highest BCUT2D eigenvalue weighted by Crippen LogP contribution is 2.23. The first kappa shape index (κ1) is 26.8. The van der Waals surface area contributed by atoms with Gasteiger partial charge < -0.3 is 37.9 Å².